The van der Waals surface area contributed by atoms with Crippen molar-refractivity contribution in [2.75, 3.05) is 32.2 Å². The summed E-state index contributed by atoms with van der Waals surface area (Å²) >= 11 is 0. The van der Waals surface area contributed by atoms with Gasteiger partial charge in [0, 0.05) is 13.7 Å². The molecule has 2 N–H and O–H groups in total. The van der Waals surface area contributed by atoms with Crippen LogP contribution in [0.3, 0.4) is 0 Å². The maximum absolute atomic E-state index is 13.0. The van der Waals surface area contributed by atoms with Gasteiger partial charge in [0.2, 0.25) is 5.91 Å². The minimum absolute atomic E-state index is 0.198. The molecule has 0 bridgehead atoms. The summed E-state index contributed by atoms with van der Waals surface area (Å²) < 4.78 is 10.5. The van der Waals surface area contributed by atoms with E-state index in [1.807, 2.05) is 42.5 Å². The molecule has 2 aromatic carbocycles. The van der Waals surface area contributed by atoms with Gasteiger partial charge >= 0.3 is 0 Å². The zero-order valence-electron chi connectivity index (χ0n) is 18.0. The smallest absolute Gasteiger partial charge is 0.247 e. The fourth-order valence-corrected chi connectivity index (χ4v) is 3.10. The second-order valence-electron chi connectivity index (χ2n) is 7.07. The standard InChI is InChI=1S/C25H26N4O3/c1-31-15-16-32-22-11-12-23(28-18-22)29-25(30)24(21-5-3-2-4-6-21)27-14-13-19-7-9-20(17-26)10-8-19/h2-12,18,24,27H,13-16H2,1H3,(H,28,29,30)/t24-/m0/s1. The third-order valence-corrected chi connectivity index (χ3v) is 4.78. The maximum Gasteiger partial charge on any atom is 0.247 e. The van der Waals surface area contributed by atoms with Gasteiger partial charge in [0.1, 0.15) is 24.2 Å². The Hall–Kier alpha value is -3.73. The second kappa shape index (κ2) is 12.2. The van der Waals surface area contributed by atoms with Crippen molar-refractivity contribution in [1.82, 2.24) is 10.3 Å². The lowest BCUT2D eigenvalue weighted by atomic mass is 10.1. The van der Waals surface area contributed by atoms with E-state index in [0.29, 0.717) is 36.9 Å². The molecule has 0 radical (unpaired) electrons. The van der Waals surface area contributed by atoms with Gasteiger partial charge in [-0.25, -0.2) is 4.98 Å². The SMILES string of the molecule is COCCOc1ccc(NC(=O)[C@@H](NCCc2ccc(C#N)cc2)c2ccccc2)nc1. The molecule has 0 saturated carbocycles. The average molecular weight is 431 g/mol. The summed E-state index contributed by atoms with van der Waals surface area (Å²) in [6.07, 6.45) is 2.30. The zero-order valence-corrected chi connectivity index (χ0v) is 18.0. The van der Waals surface area contributed by atoms with Crippen molar-refractivity contribution in [3.05, 3.63) is 89.6 Å². The number of methoxy groups -OCH3 is 1. The number of rotatable bonds is 11. The second-order valence-corrected chi connectivity index (χ2v) is 7.07. The van der Waals surface area contributed by atoms with Crippen LogP contribution in [0.25, 0.3) is 0 Å². The number of carbonyl (C=O) groups excluding carboxylic acids is 1. The molecule has 0 spiro atoms. The zero-order chi connectivity index (χ0) is 22.6. The molecule has 0 aliphatic heterocycles. The number of hydrogen-bond acceptors (Lipinski definition) is 6. The Morgan fingerprint density at radius 3 is 2.50 bits per heavy atom. The Balaban J connectivity index is 1.61. The molecule has 164 valence electrons. The minimum atomic E-state index is -0.533. The van der Waals surface area contributed by atoms with Crippen LogP contribution in [0, 0.1) is 11.3 Å². The Kier molecular flexibility index (Phi) is 8.75. The van der Waals surface area contributed by atoms with Gasteiger partial charge in [-0.15, -0.1) is 0 Å². The van der Waals surface area contributed by atoms with Crippen LogP contribution in [-0.4, -0.2) is 37.8 Å². The van der Waals surface area contributed by atoms with Crippen molar-refractivity contribution in [3.63, 3.8) is 0 Å². The molecule has 32 heavy (non-hydrogen) atoms. The molecule has 1 heterocycles. The van der Waals surface area contributed by atoms with E-state index in [9.17, 15) is 4.79 Å². The lowest BCUT2D eigenvalue weighted by molar-refractivity contribution is -0.118. The molecule has 0 fully saturated rings. The predicted molar refractivity (Wildman–Crippen MR) is 122 cm³/mol. The number of ether oxygens (including phenoxy) is 2. The number of nitrogens with one attached hydrogen (secondary N) is 2. The van der Waals surface area contributed by atoms with Gasteiger partial charge in [-0.2, -0.15) is 5.26 Å². The van der Waals surface area contributed by atoms with Crippen LogP contribution in [0.1, 0.15) is 22.7 Å². The highest BCUT2D eigenvalue weighted by Crippen LogP contribution is 2.17. The Labute approximate surface area is 188 Å². The van der Waals surface area contributed by atoms with Gasteiger partial charge in [0.15, 0.2) is 0 Å². The lowest BCUT2D eigenvalue weighted by Crippen LogP contribution is -2.34. The topological polar surface area (TPSA) is 96.3 Å². The number of nitriles is 1. The van der Waals surface area contributed by atoms with Crippen molar-refractivity contribution in [1.29, 1.82) is 5.26 Å². The normalized spacial score (nSPS) is 11.4. The van der Waals surface area contributed by atoms with Crippen LogP contribution in [0.15, 0.2) is 72.9 Å². The van der Waals surface area contributed by atoms with E-state index >= 15 is 0 Å². The Bertz CT molecular complexity index is 1020. The fourth-order valence-electron chi connectivity index (χ4n) is 3.10. The van der Waals surface area contributed by atoms with Crippen LogP contribution < -0.4 is 15.4 Å². The van der Waals surface area contributed by atoms with Crippen LogP contribution >= 0.6 is 0 Å². The number of aromatic nitrogens is 1. The summed E-state index contributed by atoms with van der Waals surface area (Å²) in [6, 6.07) is 22.1. The highest BCUT2D eigenvalue weighted by atomic mass is 16.5. The van der Waals surface area contributed by atoms with Gasteiger partial charge in [-0.05, 0) is 41.8 Å². The molecule has 1 atom stereocenters. The largest absolute Gasteiger partial charge is 0.490 e. The first-order valence-electron chi connectivity index (χ1n) is 10.4. The summed E-state index contributed by atoms with van der Waals surface area (Å²) in [6.45, 7) is 1.52. The molecule has 7 nitrogen and oxygen atoms in total. The van der Waals surface area contributed by atoms with Crippen molar-refractivity contribution >= 4 is 11.7 Å². The van der Waals surface area contributed by atoms with Crippen molar-refractivity contribution in [2.45, 2.75) is 12.5 Å². The van der Waals surface area contributed by atoms with E-state index in [2.05, 4.69) is 21.7 Å². The first-order valence-corrected chi connectivity index (χ1v) is 10.4. The van der Waals surface area contributed by atoms with E-state index in [-0.39, 0.29) is 5.91 Å². The third-order valence-electron chi connectivity index (χ3n) is 4.78. The van der Waals surface area contributed by atoms with E-state index < -0.39 is 6.04 Å². The summed E-state index contributed by atoms with van der Waals surface area (Å²) in [7, 11) is 1.61. The molecule has 0 aliphatic rings. The van der Waals surface area contributed by atoms with Crippen LogP contribution in [0.4, 0.5) is 5.82 Å². The first kappa shape index (κ1) is 22.9. The number of benzene rings is 2. The van der Waals surface area contributed by atoms with Gasteiger partial charge in [0.25, 0.3) is 0 Å². The fraction of sp³-hybridized carbons (Fsp3) is 0.240. The van der Waals surface area contributed by atoms with E-state index in [1.54, 1.807) is 37.6 Å². The number of anilines is 1. The number of pyridine rings is 1. The van der Waals surface area contributed by atoms with Crippen molar-refractivity contribution < 1.29 is 14.3 Å². The van der Waals surface area contributed by atoms with E-state index in [1.165, 1.54) is 0 Å². The molecule has 0 unspecified atom stereocenters. The molecule has 7 heteroatoms. The van der Waals surface area contributed by atoms with Crippen LogP contribution in [0.5, 0.6) is 5.75 Å². The van der Waals surface area contributed by atoms with E-state index in [4.69, 9.17) is 14.7 Å². The van der Waals surface area contributed by atoms with Crippen molar-refractivity contribution in [2.24, 2.45) is 0 Å². The Morgan fingerprint density at radius 2 is 1.84 bits per heavy atom. The Morgan fingerprint density at radius 1 is 1.06 bits per heavy atom. The summed E-state index contributed by atoms with van der Waals surface area (Å²) in [4.78, 5) is 17.3. The van der Waals surface area contributed by atoms with Crippen molar-refractivity contribution in [3.8, 4) is 11.8 Å². The predicted octanol–water partition coefficient (Wildman–Crippen LogP) is 3.49. The monoisotopic (exact) mass is 430 g/mol. The minimum Gasteiger partial charge on any atom is -0.490 e. The average Bonchev–Trinajstić information content (AvgIpc) is 2.84. The van der Waals surface area contributed by atoms with Gasteiger partial charge in [-0.1, -0.05) is 42.5 Å². The number of carbonyl (C=O) groups is 1. The van der Waals surface area contributed by atoms with Crippen LogP contribution in [-0.2, 0) is 16.0 Å². The quantitative estimate of drug-likeness (QED) is 0.452. The summed E-state index contributed by atoms with van der Waals surface area (Å²) in [5.41, 5.74) is 2.59. The maximum atomic E-state index is 13.0. The molecule has 1 amide bonds. The lowest BCUT2D eigenvalue weighted by Gasteiger charge is -2.19. The number of nitrogens with zero attached hydrogens (tertiary/aromatic N) is 2. The van der Waals surface area contributed by atoms with Gasteiger partial charge in [0.05, 0.1) is 24.4 Å². The van der Waals surface area contributed by atoms with E-state index in [0.717, 1.165) is 17.5 Å². The first-order chi connectivity index (χ1) is 15.7. The van der Waals surface area contributed by atoms with Gasteiger partial charge in [-0.3, -0.25) is 4.79 Å². The highest BCUT2D eigenvalue weighted by molar-refractivity contribution is 5.94. The molecule has 0 saturated heterocycles. The van der Waals surface area contributed by atoms with Crippen LogP contribution in [0.2, 0.25) is 0 Å². The molecule has 3 aromatic rings. The third kappa shape index (κ3) is 6.91. The summed E-state index contributed by atoms with van der Waals surface area (Å²) in [5.74, 6) is 0.862. The summed E-state index contributed by atoms with van der Waals surface area (Å²) in [5, 5.41) is 15.1. The molecule has 1 aromatic heterocycles. The molecule has 3 rings (SSSR count). The molecular formula is C25H26N4O3. The highest BCUT2D eigenvalue weighted by Gasteiger charge is 2.20. The molecular weight excluding hydrogens is 404 g/mol. The number of hydrogen-bond donors (Lipinski definition) is 2. The van der Waals surface area contributed by atoms with Gasteiger partial charge < -0.3 is 20.1 Å². The number of amides is 1. The molecule has 0 aliphatic carbocycles.